The van der Waals surface area contributed by atoms with Crippen LogP contribution in [0.2, 0.25) is 10.0 Å². The highest BCUT2D eigenvalue weighted by molar-refractivity contribution is 7.11. The Morgan fingerprint density at radius 3 is 2.71 bits per heavy atom. The predicted molar refractivity (Wildman–Crippen MR) is 85.1 cm³/mol. The average Bonchev–Trinajstić information content (AvgIpc) is 2.96. The van der Waals surface area contributed by atoms with Crippen molar-refractivity contribution in [2.75, 3.05) is 5.32 Å². The third-order valence-electron chi connectivity index (χ3n) is 2.28. The van der Waals surface area contributed by atoms with Gasteiger partial charge in [0.15, 0.2) is 0 Å². The molecule has 8 heteroatoms. The van der Waals surface area contributed by atoms with Crippen molar-refractivity contribution in [3.8, 4) is 0 Å². The van der Waals surface area contributed by atoms with E-state index in [1.54, 1.807) is 6.07 Å². The van der Waals surface area contributed by atoms with Crippen molar-refractivity contribution in [3.63, 3.8) is 0 Å². The number of carbonyl (C=O) groups is 2. The van der Waals surface area contributed by atoms with Crippen molar-refractivity contribution in [1.29, 1.82) is 0 Å². The number of halogens is 2. The standard InChI is InChI=1S/C13H9Cl2N3O2S/c14-8-3-4-10(15)11(6-8)17-12(19)13(20)18-16-7-9-2-1-5-21-9/h1-7H,(H,17,19)(H,18,20)/b16-7-. The molecule has 0 spiro atoms. The molecule has 0 atom stereocenters. The van der Waals surface area contributed by atoms with Crippen LogP contribution in [0.5, 0.6) is 0 Å². The molecule has 0 saturated carbocycles. The molecule has 108 valence electrons. The molecule has 1 heterocycles. The molecule has 0 unspecified atom stereocenters. The van der Waals surface area contributed by atoms with Crippen LogP contribution in [0.4, 0.5) is 5.69 Å². The van der Waals surface area contributed by atoms with E-state index in [1.807, 2.05) is 17.5 Å². The first-order chi connectivity index (χ1) is 10.1. The van der Waals surface area contributed by atoms with Crippen LogP contribution in [0.3, 0.4) is 0 Å². The zero-order valence-electron chi connectivity index (χ0n) is 10.5. The monoisotopic (exact) mass is 341 g/mol. The van der Waals surface area contributed by atoms with Crippen LogP contribution in [0.15, 0.2) is 40.8 Å². The molecule has 0 aliphatic rings. The van der Waals surface area contributed by atoms with Crippen LogP contribution in [-0.4, -0.2) is 18.0 Å². The summed E-state index contributed by atoms with van der Waals surface area (Å²) in [6.45, 7) is 0. The van der Waals surface area contributed by atoms with E-state index in [0.717, 1.165) is 4.88 Å². The van der Waals surface area contributed by atoms with Crippen molar-refractivity contribution in [1.82, 2.24) is 5.43 Å². The minimum absolute atomic E-state index is 0.256. The number of hydrogen-bond donors (Lipinski definition) is 2. The Bertz CT molecular complexity index is 687. The first-order valence-electron chi connectivity index (χ1n) is 5.69. The lowest BCUT2D eigenvalue weighted by molar-refractivity contribution is -0.136. The summed E-state index contributed by atoms with van der Waals surface area (Å²) in [6.07, 6.45) is 1.45. The summed E-state index contributed by atoms with van der Waals surface area (Å²) in [5, 5.41) is 8.58. The van der Waals surface area contributed by atoms with Crippen molar-refractivity contribution in [2.24, 2.45) is 5.10 Å². The van der Waals surface area contributed by atoms with Gasteiger partial charge in [-0.1, -0.05) is 29.3 Å². The van der Waals surface area contributed by atoms with Gasteiger partial charge in [0, 0.05) is 9.90 Å². The van der Waals surface area contributed by atoms with E-state index in [4.69, 9.17) is 23.2 Å². The second-order valence-corrected chi connectivity index (χ2v) is 5.62. The van der Waals surface area contributed by atoms with Crippen LogP contribution in [0, 0.1) is 0 Å². The van der Waals surface area contributed by atoms with E-state index in [1.165, 1.54) is 29.7 Å². The topological polar surface area (TPSA) is 70.6 Å². The van der Waals surface area contributed by atoms with E-state index in [9.17, 15) is 9.59 Å². The van der Waals surface area contributed by atoms with Crippen LogP contribution in [0.25, 0.3) is 0 Å². The van der Waals surface area contributed by atoms with Crippen molar-refractivity contribution >= 4 is 58.3 Å². The van der Waals surface area contributed by atoms with E-state index in [-0.39, 0.29) is 10.7 Å². The van der Waals surface area contributed by atoms with Gasteiger partial charge in [-0.25, -0.2) is 5.43 Å². The number of hydrogen-bond acceptors (Lipinski definition) is 4. The molecule has 0 aliphatic carbocycles. The van der Waals surface area contributed by atoms with Crippen molar-refractivity contribution in [2.45, 2.75) is 0 Å². The van der Waals surface area contributed by atoms with Crippen LogP contribution in [0.1, 0.15) is 4.88 Å². The molecule has 5 nitrogen and oxygen atoms in total. The third kappa shape index (κ3) is 4.56. The highest BCUT2D eigenvalue weighted by atomic mass is 35.5. The molecule has 2 rings (SSSR count). The predicted octanol–water partition coefficient (Wildman–Crippen LogP) is 3.14. The molecule has 0 radical (unpaired) electrons. The fraction of sp³-hybridized carbons (Fsp3) is 0. The second kappa shape index (κ2) is 7.21. The maximum absolute atomic E-state index is 11.7. The molecule has 2 N–H and O–H groups in total. The second-order valence-electron chi connectivity index (χ2n) is 3.79. The number of benzene rings is 1. The minimum Gasteiger partial charge on any atom is -0.316 e. The zero-order chi connectivity index (χ0) is 15.2. The normalized spacial score (nSPS) is 10.6. The SMILES string of the molecule is O=C(N/N=C\c1cccs1)C(=O)Nc1cc(Cl)ccc1Cl. The van der Waals surface area contributed by atoms with Crippen LogP contribution < -0.4 is 10.7 Å². The van der Waals surface area contributed by atoms with E-state index in [0.29, 0.717) is 5.02 Å². The molecule has 0 bridgehead atoms. The summed E-state index contributed by atoms with van der Waals surface area (Å²) in [4.78, 5) is 24.1. The number of anilines is 1. The molecule has 0 fully saturated rings. The summed E-state index contributed by atoms with van der Waals surface area (Å²) in [5.74, 6) is -1.79. The molecule has 0 saturated heterocycles. The smallest absolute Gasteiger partial charge is 0.316 e. The number of carbonyl (C=O) groups excluding carboxylic acids is 2. The molecule has 0 aliphatic heterocycles. The van der Waals surface area contributed by atoms with Gasteiger partial charge in [-0.15, -0.1) is 11.3 Å². The molecule has 21 heavy (non-hydrogen) atoms. The summed E-state index contributed by atoms with van der Waals surface area (Å²) in [5.41, 5.74) is 2.38. The number of thiophene rings is 1. The van der Waals surface area contributed by atoms with Gasteiger partial charge in [0.05, 0.1) is 16.9 Å². The van der Waals surface area contributed by atoms with Crippen LogP contribution >= 0.6 is 34.5 Å². The summed E-state index contributed by atoms with van der Waals surface area (Å²) >= 11 is 13.1. The Balaban J connectivity index is 1.93. The Morgan fingerprint density at radius 2 is 2.00 bits per heavy atom. The largest absolute Gasteiger partial charge is 0.329 e. The number of hydrazone groups is 1. The Hall–Kier alpha value is -1.89. The summed E-state index contributed by atoms with van der Waals surface area (Å²) in [6, 6.07) is 8.22. The number of nitrogens with one attached hydrogen (secondary N) is 2. The van der Waals surface area contributed by atoms with Gasteiger partial charge >= 0.3 is 11.8 Å². The third-order valence-corrected chi connectivity index (χ3v) is 3.66. The Labute approximate surface area is 134 Å². The van der Waals surface area contributed by atoms with Gasteiger partial charge in [0.1, 0.15) is 0 Å². The van der Waals surface area contributed by atoms with Gasteiger partial charge in [0.25, 0.3) is 0 Å². The maximum atomic E-state index is 11.7. The lowest BCUT2D eigenvalue weighted by Crippen LogP contribution is -2.32. The lowest BCUT2D eigenvalue weighted by atomic mass is 10.3. The first-order valence-corrected chi connectivity index (χ1v) is 7.33. The average molecular weight is 342 g/mol. The quantitative estimate of drug-likeness (QED) is 0.511. The lowest BCUT2D eigenvalue weighted by Gasteiger charge is -2.06. The molecule has 2 aromatic rings. The van der Waals surface area contributed by atoms with E-state index < -0.39 is 11.8 Å². The molecule has 1 aromatic heterocycles. The van der Waals surface area contributed by atoms with Gasteiger partial charge < -0.3 is 5.32 Å². The number of nitrogens with zero attached hydrogens (tertiary/aromatic N) is 1. The highest BCUT2D eigenvalue weighted by Gasteiger charge is 2.14. The van der Waals surface area contributed by atoms with Crippen LogP contribution in [-0.2, 0) is 9.59 Å². The van der Waals surface area contributed by atoms with E-state index >= 15 is 0 Å². The summed E-state index contributed by atoms with van der Waals surface area (Å²) < 4.78 is 0. The maximum Gasteiger partial charge on any atom is 0.329 e. The zero-order valence-corrected chi connectivity index (χ0v) is 12.8. The Morgan fingerprint density at radius 1 is 1.19 bits per heavy atom. The summed E-state index contributed by atoms with van der Waals surface area (Å²) in [7, 11) is 0. The van der Waals surface area contributed by atoms with E-state index in [2.05, 4.69) is 15.8 Å². The molecule has 1 aromatic carbocycles. The number of rotatable bonds is 3. The van der Waals surface area contributed by atoms with Crippen molar-refractivity contribution < 1.29 is 9.59 Å². The minimum atomic E-state index is -0.904. The molecule has 2 amide bonds. The highest BCUT2D eigenvalue weighted by Crippen LogP contribution is 2.25. The van der Waals surface area contributed by atoms with Crippen molar-refractivity contribution in [3.05, 3.63) is 50.6 Å². The first kappa shape index (κ1) is 15.5. The van der Waals surface area contributed by atoms with Gasteiger partial charge in [-0.05, 0) is 29.6 Å². The Kier molecular flexibility index (Phi) is 5.32. The molecular formula is C13H9Cl2N3O2S. The fourth-order valence-electron chi connectivity index (χ4n) is 1.34. The van der Waals surface area contributed by atoms with Gasteiger partial charge in [-0.2, -0.15) is 5.10 Å². The van der Waals surface area contributed by atoms with Gasteiger partial charge in [0.2, 0.25) is 0 Å². The number of amides is 2. The molecular weight excluding hydrogens is 333 g/mol. The van der Waals surface area contributed by atoms with Gasteiger partial charge in [-0.3, -0.25) is 9.59 Å². The fourth-order valence-corrected chi connectivity index (χ4v) is 2.26.